The Hall–Kier alpha value is -2.70. The van der Waals surface area contributed by atoms with Gasteiger partial charge in [-0.3, -0.25) is 9.78 Å². The van der Waals surface area contributed by atoms with Crippen molar-refractivity contribution >= 4 is 38.6 Å². The number of primary amides is 1. The number of nitrogens with zero attached hydrogens (tertiary/aromatic N) is 3. The molecule has 1 fully saturated rings. The van der Waals surface area contributed by atoms with E-state index in [-0.39, 0.29) is 17.3 Å². The van der Waals surface area contributed by atoms with Gasteiger partial charge in [0.2, 0.25) is 10.0 Å². The molecule has 3 heterocycles. The molecule has 0 radical (unpaired) electrons. The van der Waals surface area contributed by atoms with Crippen LogP contribution in [0.15, 0.2) is 35.5 Å². The summed E-state index contributed by atoms with van der Waals surface area (Å²) in [4.78, 5) is 20.6. The smallest absolute Gasteiger partial charge is 0.366 e. The van der Waals surface area contributed by atoms with Crippen molar-refractivity contribution in [2.24, 2.45) is 5.73 Å². The van der Waals surface area contributed by atoms with Gasteiger partial charge >= 0.3 is 6.18 Å². The van der Waals surface area contributed by atoms with Crippen molar-refractivity contribution in [1.82, 2.24) is 19.3 Å². The Morgan fingerprint density at radius 1 is 1.24 bits per heavy atom. The highest BCUT2D eigenvalue weighted by Gasteiger charge is 2.39. The average molecular weight is 516 g/mol. The second kappa shape index (κ2) is 8.82. The van der Waals surface area contributed by atoms with Gasteiger partial charge in [0.25, 0.3) is 5.91 Å². The first-order chi connectivity index (χ1) is 15.9. The van der Waals surface area contributed by atoms with Crippen molar-refractivity contribution in [2.45, 2.75) is 55.8 Å². The molecule has 0 aromatic carbocycles. The van der Waals surface area contributed by atoms with Gasteiger partial charge in [-0.05, 0) is 38.0 Å². The van der Waals surface area contributed by atoms with Crippen molar-refractivity contribution in [1.29, 1.82) is 0 Å². The van der Waals surface area contributed by atoms with Crippen LogP contribution in [0.2, 0.25) is 5.02 Å². The number of halogens is 4. The minimum absolute atomic E-state index is 0.0128. The van der Waals surface area contributed by atoms with E-state index in [9.17, 15) is 26.4 Å². The molecule has 3 N–H and O–H groups in total. The first-order valence-corrected chi connectivity index (χ1v) is 12.3. The molecule has 1 aliphatic carbocycles. The zero-order valence-electron chi connectivity index (χ0n) is 17.9. The number of aromatic nitrogens is 3. The lowest BCUT2D eigenvalue weighted by Crippen LogP contribution is -2.42. The Balaban J connectivity index is 1.85. The lowest BCUT2D eigenvalue weighted by Gasteiger charge is -2.18. The standard InChI is InChI=1S/C21H21ClF3N5O3S/c1-11(21(23,24)25)29-34(32,33)14-6-7-16(27-10-14)18-17(19(26)31)15-8-12(22)9-28-20(15)30(18)13-4-2-3-5-13/h6-11,13,29H,2-5H2,1H3,(H2,26,31)/t11-/m0/s1. The van der Waals surface area contributed by atoms with Crippen LogP contribution < -0.4 is 10.5 Å². The number of carbonyl (C=O) groups is 1. The molecule has 0 spiro atoms. The SMILES string of the molecule is C[C@H](NS(=O)(=O)c1ccc(-c2c(C(N)=O)c3cc(Cl)cnc3n2C2CCCC2)nc1)C(F)(F)F. The minimum atomic E-state index is -4.74. The zero-order chi connectivity index (χ0) is 24.8. The molecule has 182 valence electrons. The van der Waals surface area contributed by atoms with Crippen LogP contribution in [0.3, 0.4) is 0 Å². The van der Waals surface area contributed by atoms with Gasteiger partial charge in [0, 0.05) is 23.8 Å². The Bertz CT molecular complexity index is 1350. The van der Waals surface area contributed by atoms with E-state index in [1.165, 1.54) is 12.3 Å². The van der Waals surface area contributed by atoms with Crippen LogP contribution in [0.5, 0.6) is 0 Å². The molecular formula is C21H21ClF3N5O3S. The van der Waals surface area contributed by atoms with Crippen LogP contribution in [0.25, 0.3) is 22.4 Å². The normalized spacial score (nSPS) is 16.3. The van der Waals surface area contributed by atoms with E-state index < -0.39 is 33.0 Å². The third kappa shape index (κ3) is 4.49. The molecule has 13 heteroatoms. The maximum Gasteiger partial charge on any atom is 0.404 e. The first kappa shape index (κ1) is 24.4. The van der Waals surface area contributed by atoms with Crippen LogP contribution >= 0.6 is 11.6 Å². The fourth-order valence-corrected chi connectivity index (χ4v) is 5.56. The number of fused-ring (bicyclic) bond motifs is 1. The van der Waals surface area contributed by atoms with E-state index in [1.807, 2.05) is 4.57 Å². The third-order valence-corrected chi connectivity index (χ3v) is 7.59. The summed E-state index contributed by atoms with van der Waals surface area (Å²) >= 11 is 6.11. The van der Waals surface area contributed by atoms with Crippen molar-refractivity contribution in [3.05, 3.63) is 41.2 Å². The van der Waals surface area contributed by atoms with Crippen molar-refractivity contribution in [2.75, 3.05) is 0 Å². The van der Waals surface area contributed by atoms with Gasteiger partial charge in [-0.1, -0.05) is 24.4 Å². The molecule has 0 aliphatic heterocycles. The third-order valence-electron chi connectivity index (χ3n) is 5.86. The summed E-state index contributed by atoms with van der Waals surface area (Å²) in [5, 5.41) is 0.755. The number of sulfonamides is 1. The molecule has 3 aromatic heterocycles. The van der Waals surface area contributed by atoms with Crippen LogP contribution in [-0.4, -0.2) is 41.1 Å². The van der Waals surface area contributed by atoms with E-state index >= 15 is 0 Å². The Labute approximate surface area is 198 Å². The van der Waals surface area contributed by atoms with Gasteiger partial charge in [0.1, 0.15) is 16.6 Å². The molecule has 1 atom stereocenters. The van der Waals surface area contributed by atoms with Gasteiger partial charge in [-0.2, -0.15) is 17.9 Å². The van der Waals surface area contributed by atoms with Crippen LogP contribution in [0, 0.1) is 0 Å². The summed E-state index contributed by atoms with van der Waals surface area (Å²) in [7, 11) is -4.48. The maximum absolute atomic E-state index is 12.8. The predicted molar refractivity (Wildman–Crippen MR) is 120 cm³/mol. The Kier molecular flexibility index (Phi) is 6.34. The van der Waals surface area contributed by atoms with Gasteiger partial charge in [-0.25, -0.2) is 13.4 Å². The van der Waals surface area contributed by atoms with Crippen LogP contribution in [0.4, 0.5) is 13.2 Å². The summed E-state index contributed by atoms with van der Waals surface area (Å²) in [6, 6.07) is 1.79. The fraction of sp³-hybridized carbons (Fsp3) is 0.381. The lowest BCUT2D eigenvalue weighted by molar-refractivity contribution is -0.147. The van der Waals surface area contributed by atoms with Gasteiger partial charge < -0.3 is 10.3 Å². The first-order valence-electron chi connectivity index (χ1n) is 10.4. The van der Waals surface area contributed by atoms with Crippen LogP contribution in [-0.2, 0) is 10.0 Å². The quantitative estimate of drug-likeness (QED) is 0.510. The molecule has 1 amide bonds. The molecular weight excluding hydrogens is 495 g/mol. The van der Waals surface area contributed by atoms with Crippen LogP contribution in [0.1, 0.15) is 49.0 Å². The van der Waals surface area contributed by atoms with E-state index in [0.717, 1.165) is 37.9 Å². The number of pyridine rings is 2. The van der Waals surface area contributed by atoms with E-state index in [4.69, 9.17) is 17.3 Å². The number of alkyl halides is 3. The molecule has 1 saturated carbocycles. The second-order valence-corrected chi connectivity index (χ2v) is 10.3. The minimum Gasteiger partial charge on any atom is -0.366 e. The molecule has 4 rings (SSSR count). The van der Waals surface area contributed by atoms with Gasteiger partial charge in [0.05, 0.1) is 22.0 Å². The molecule has 0 unspecified atom stereocenters. The molecule has 0 saturated heterocycles. The largest absolute Gasteiger partial charge is 0.404 e. The van der Waals surface area contributed by atoms with E-state index in [2.05, 4.69) is 9.97 Å². The fourth-order valence-electron chi connectivity index (χ4n) is 4.23. The topological polar surface area (TPSA) is 120 Å². The molecule has 0 bridgehead atoms. The van der Waals surface area contributed by atoms with E-state index in [0.29, 0.717) is 28.7 Å². The maximum atomic E-state index is 12.8. The van der Waals surface area contributed by atoms with Crippen molar-refractivity contribution < 1.29 is 26.4 Å². The summed E-state index contributed by atoms with van der Waals surface area (Å²) in [6.07, 6.45) is 1.31. The zero-order valence-corrected chi connectivity index (χ0v) is 19.5. The number of hydrogen-bond acceptors (Lipinski definition) is 5. The predicted octanol–water partition coefficient (Wildman–Crippen LogP) is 4.19. The molecule has 3 aromatic rings. The summed E-state index contributed by atoms with van der Waals surface area (Å²) in [6.45, 7) is 0.705. The number of nitrogens with two attached hydrogens (primary N) is 1. The monoisotopic (exact) mass is 515 g/mol. The highest BCUT2D eigenvalue weighted by Crippen LogP contribution is 2.40. The molecule has 34 heavy (non-hydrogen) atoms. The summed E-state index contributed by atoms with van der Waals surface area (Å²) < 4.78 is 66.7. The Morgan fingerprint density at radius 3 is 2.47 bits per heavy atom. The molecule has 8 nitrogen and oxygen atoms in total. The summed E-state index contributed by atoms with van der Waals surface area (Å²) in [5.41, 5.74) is 6.95. The Morgan fingerprint density at radius 2 is 1.91 bits per heavy atom. The highest BCUT2D eigenvalue weighted by molar-refractivity contribution is 7.89. The number of hydrogen-bond donors (Lipinski definition) is 2. The number of nitrogens with one attached hydrogen (secondary N) is 1. The van der Waals surface area contributed by atoms with Gasteiger partial charge in [-0.15, -0.1) is 0 Å². The number of carbonyl (C=O) groups excluding carboxylic acids is 1. The molecule has 1 aliphatic rings. The van der Waals surface area contributed by atoms with E-state index in [1.54, 1.807) is 10.8 Å². The number of rotatable bonds is 6. The highest BCUT2D eigenvalue weighted by atomic mass is 35.5. The second-order valence-electron chi connectivity index (χ2n) is 8.18. The summed E-state index contributed by atoms with van der Waals surface area (Å²) in [5.74, 6) is -0.736. The van der Waals surface area contributed by atoms with Crippen molar-refractivity contribution in [3.63, 3.8) is 0 Å². The van der Waals surface area contributed by atoms with Crippen molar-refractivity contribution in [3.8, 4) is 11.4 Å². The average Bonchev–Trinajstić information content (AvgIpc) is 3.38. The van der Waals surface area contributed by atoms with Gasteiger partial charge in [0.15, 0.2) is 0 Å². The lowest BCUT2D eigenvalue weighted by atomic mass is 10.1. The number of amides is 1.